The van der Waals surface area contributed by atoms with Crippen molar-refractivity contribution in [2.75, 3.05) is 5.73 Å². The summed E-state index contributed by atoms with van der Waals surface area (Å²) in [5, 5.41) is 0. The minimum atomic E-state index is -0.0257. The Morgan fingerprint density at radius 2 is 2.08 bits per heavy atom. The van der Waals surface area contributed by atoms with Crippen molar-refractivity contribution in [1.29, 1.82) is 0 Å². The van der Waals surface area contributed by atoms with Gasteiger partial charge in [0.05, 0.1) is 0 Å². The van der Waals surface area contributed by atoms with Gasteiger partial charge >= 0.3 is 0 Å². The van der Waals surface area contributed by atoms with E-state index in [2.05, 4.69) is 41.4 Å². The van der Waals surface area contributed by atoms with Crippen molar-refractivity contribution >= 4 is 28.4 Å². The largest absolute Gasteiger partial charge is 0.383 e. The van der Waals surface area contributed by atoms with E-state index in [1.807, 2.05) is 6.07 Å². The maximum Gasteiger partial charge on any atom is 0.128 e. The van der Waals surface area contributed by atoms with E-state index in [9.17, 15) is 0 Å². The third-order valence-electron chi connectivity index (χ3n) is 1.99. The second kappa shape index (κ2) is 4.23. The van der Waals surface area contributed by atoms with Gasteiger partial charge < -0.3 is 11.5 Å². The van der Waals surface area contributed by atoms with Crippen molar-refractivity contribution in [3.8, 4) is 0 Å². The second-order valence-electron chi connectivity index (χ2n) is 3.40. The van der Waals surface area contributed by atoms with Gasteiger partial charge in [0.2, 0.25) is 0 Å². The van der Waals surface area contributed by atoms with E-state index in [1.54, 1.807) is 6.20 Å². The Morgan fingerprint density at radius 3 is 2.62 bits per heavy atom. The number of rotatable bonds is 2. The first-order chi connectivity index (χ1) is 6.02. The van der Waals surface area contributed by atoms with Crippen LogP contribution in [0.4, 0.5) is 5.82 Å². The molecule has 72 valence electrons. The molecule has 0 aliphatic heterocycles. The summed E-state index contributed by atoms with van der Waals surface area (Å²) >= 11 is 2.21. The van der Waals surface area contributed by atoms with Crippen LogP contribution in [0, 0.1) is 9.49 Å². The van der Waals surface area contributed by atoms with Gasteiger partial charge in [0.1, 0.15) is 5.82 Å². The smallest absolute Gasteiger partial charge is 0.128 e. The first kappa shape index (κ1) is 10.7. The maximum absolute atomic E-state index is 5.98. The van der Waals surface area contributed by atoms with Gasteiger partial charge in [0.15, 0.2) is 0 Å². The lowest BCUT2D eigenvalue weighted by Crippen LogP contribution is -2.19. The van der Waals surface area contributed by atoms with Crippen LogP contribution in [-0.4, -0.2) is 4.98 Å². The molecule has 0 aromatic carbocycles. The van der Waals surface area contributed by atoms with Crippen LogP contribution in [0.25, 0.3) is 0 Å². The van der Waals surface area contributed by atoms with Crippen molar-refractivity contribution in [2.45, 2.75) is 19.9 Å². The zero-order valence-electron chi connectivity index (χ0n) is 7.79. The van der Waals surface area contributed by atoms with Gasteiger partial charge in [-0.05, 0) is 34.6 Å². The number of nitrogens with zero attached hydrogens (tertiary/aromatic N) is 1. The molecular weight excluding hydrogens is 277 g/mol. The average Bonchev–Trinajstić information content (AvgIpc) is 2.08. The van der Waals surface area contributed by atoms with Crippen LogP contribution in [0.15, 0.2) is 12.3 Å². The molecule has 1 heterocycles. The molecule has 0 bridgehead atoms. The first-order valence-electron chi connectivity index (χ1n) is 4.19. The number of halogens is 1. The quantitative estimate of drug-likeness (QED) is 0.818. The van der Waals surface area contributed by atoms with Crippen LogP contribution in [0.1, 0.15) is 25.5 Å². The highest BCUT2D eigenvalue weighted by molar-refractivity contribution is 14.1. The fraction of sp³-hybridized carbons (Fsp3) is 0.444. The Labute approximate surface area is 92.1 Å². The van der Waals surface area contributed by atoms with E-state index in [4.69, 9.17) is 11.5 Å². The lowest BCUT2D eigenvalue weighted by molar-refractivity contribution is 0.514. The topological polar surface area (TPSA) is 64.9 Å². The summed E-state index contributed by atoms with van der Waals surface area (Å²) in [6.45, 7) is 4.15. The minimum Gasteiger partial charge on any atom is -0.383 e. The predicted molar refractivity (Wildman–Crippen MR) is 63.1 cm³/mol. The number of hydrogen-bond acceptors (Lipinski definition) is 3. The Bertz CT molecular complexity index is 299. The van der Waals surface area contributed by atoms with Gasteiger partial charge in [0.25, 0.3) is 0 Å². The molecule has 1 aromatic rings. The molecule has 0 unspecified atom stereocenters. The third kappa shape index (κ3) is 2.54. The molecule has 4 heteroatoms. The molecule has 0 spiro atoms. The van der Waals surface area contributed by atoms with E-state index >= 15 is 0 Å². The van der Waals surface area contributed by atoms with Crippen LogP contribution >= 0.6 is 22.6 Å². The molecule has 3 nitrogen and oxygen atoms in total. The van der Waals surface area contributed by atoms with Crippen molar-refractivity contribution in [1.82, 2.24) is 4.98 Å². The average molecular weight is 291 g/mol. The number of nitrogen functional groups attached to an aromatic ring is 1. The fourth-order valence-electron chi connectivity index (χ4n) is 1.09. The number of nitrogens with two attached hydrogens (primary N) is 2. The Hall–Kier alpha value is -0.360. The normalized spacial score (nSPS) is 13.3. The van der Waals surface area contributed by atoms with Crippen LogP contribution in [0.5, 0.6) is 0 Å². The van der Waals surface area contributed by atoms with E-state index in [-0.39, 0.29) is 6.04 Å². The third-order valence-corrected chi connectivity index (χ3v) is 2.58. The Balaban J connectivity index is 3.05. The summed E-state index contributed by atoms with van der Waals surface area (Å²) in [6.07, 6.45) is 1.74. The lowest BCUT2D eigenvalue weighted by atomic mass is 9.98. The SMILES string of the molecule is CC(C)[C@H](N)c1cc(I)cnc1N. The molecular formula is C9H14IN3. The monoisotopic (exact) mass is 291 g/mol. The Morgan fingerprint density at radius 1 is 1.46 bits per heavy atom. The first-order valence-corrected chi connectivity index (χ1v) is 5.26. The predicted octanol–water partition coefficient (Wildman–Crippen LogP) is 1.92. The highest BCUT2D eigenvalue weighted by atomic mass is 127. The minimum absolute atomic E-state index is 0.0257. The van der Waals surface area contributed by atoms with E-state index in [0.29, 0.717) is 11.7 Å². The van der Waals surface area contributed by atoms with Gasteiger partial charge in [-0.2, -0.15) is 0 Å². The fourth-order valence-corrected chi connectivity index (χ4v) is 1.57. The molecule has 0 aliphatic carbocycles. The zero-order valence-corrected chi connectivity index (χ0v) is 9.95. The summed E-state index contributed by atoms with van der Waals surface area (Å²) in [5.74, 6) is 0.920. The van der Waals surface area contributed by atoms with Gasteiger partial charge in [-0.25, -0.2) is 4.98 Å². The number of aromatic nitrogens is 1. The summed E-state index contributed by atoms with van der Waals surface area (Å²) in [7, 11) is 0. The highest BCUT2D eigenvalue weighted by Gasteiger charge is 2.14. The Kier molecular flexibility index (Phi) is 3.49. The van der Waals surface area contributed by atoms with Crippen molar-refractivity contribution in [3.05, 3.63) is 21.4 Å². The molecule has 0 saturated carbocycles. The molecule has 4 N–H and O–H groups in total. The number of anilines is 1. The second-order valence-corrected chi connectivity index (χ2v) is 4.64. The molecule has 0 radical (unpaired) electrons. The van der Waals surface area contributed by atoms with Gasteiger partial charge in [-0.1, -0.05) is 13.8 Å². The molecule has 1 aromatic heterocycles. The van der Waals surface area contributed by atoms with E-state index < -0.39 is 0 Å². The van der Waals surface area contributed by atoms with Crippen molar-refractivity contribution in [2.24, 2.45) is 11.7 Å². The number of hydrogen-bond donors (Lipinski definition) is 2. The summed E-state index contributed by atoms with van der Waals surface area (Å²) in [5.41, 5.74) is 12.7. The van der Waals surface area contributed by atoms with Crippen LogP contribution in [0.2, 0.25) is 0 Å². The molecule has 0 amide bonds. The van der Waals surface area contributed by atoms with Crippen LogP contribution in [0.3, 0.4) is 0 Å². The van der Waals surface area contributed by atoms with Gasteiger partial charge in [0, 0.05) is 21.4 Å². The maximum atomic E-state index is 5.98. The standard InChI is InChI=1S/C9H14IN3/c1-5(2)8(11)7-3-6(10)4-13-9(7)12/h3-5,8H,11H2,1-2H3,(H2,12,13)/t8-/m0/s1. The molecule has 0 aliphatic rings. The van der Waals surface area contributed by atoms with Gasteiger partial charge in [-0.3, -0.25) is 0 Å². The molecule has 0 fully saturated rings. The van der Waals surface area contributed by atoms with Crippen molar-refractivity contribution < 1.29 is 0 Å². The van der Waals surface area contributed by atoms with Crippen LogP contribution in [-0.2, 0) is 0 Å². The van der Waals surface area contributed by atoms with Crippen molar-refractivity contribution in [3.63, 3.8) is 0 Å². The zero-order chi connectivity index (χ0) is 10.0. The molecule has 13 heavy (non-hydrogen) atoms. The van der Waals surface area contributed by atoms with Crippen LogP contribution < -0.4 is 11.5 Å². The lowest BCUT2D eigenvalue weighted by Gasteiger charge is -2.17. The van der Waals surface area contributed by atoms with Gasteiger partial charge in [-0.15, -0.1) is 0 Å². The summed E-state index contributed by atoms with van der Waals surface area (Å²) in [4.78, 5) is 4.07. The molecule has 1 atom stereocenters. The van der Waals surface area contributed by atoms with E-state index in [1.165, 1.54) is 0 Å². The number of pyridine rings is 1. The molecule has 1 rings (SSSR count). The highest BCUT2D eigenvalue weighted by Crippen LogP contribution is 2.24. The summed E-state index contributed by atoms with van der Waals surface area (Å²) < 4.78 is 1.07. The molecule has 0 saturated heterocycles. The summed E-state index contributed by atoms with van der Waals surface area (Å²) in [6, 6.07) is 1.97. The van der Waals surface area contributed by atoms with E-state index in [0.717, 1.165) is 9.13 Å².